The Morgan fingerprint density at radius 3 is 2.79 bits per heavy atom. The largest absolute Gasteiger partial charge is 0.389 e. The third-order valence-corrected chi connectivity index (χ3v) is 8.57. The van der Waals surface area contributed by atoms with Gasteiger partial charge < -0.3 is 25.8 Å². The minimum atomic E-state index is -0.840. The summed E-state index contributed by atoms with van der Waals surface area (Å²) in [5.41, 5.74) is 6.96. The Kier molecular flexibility index (Phi) is 6.15. The van der Waals surface area contributed by atoms with Crippen LogP contribution in [0.3, 0.4) is 0 Å². The van der Waals surface area contributed by atoms with Gasteiger partial charge >= 0.3 is 0 Å². The number of rotatable bonds is 5. The predicted octanol–water partition coefficient (Wildman–Crippen LogP) is 4.00. The summed E-state index contributed by atoms with van der Waals surface area (Å²) in [6.07, 6.45) is 3.47. The number of pyridine rings is 1. The van der Waals surface area contributed by atoms with E-state index >= 15 is 4.39 Å². The monoisotopic (exact) mass is 551 g/mol. The van der Waals surface area contributed by atoms with E-state index in [4.69, 9.17) is 10.5 Å². The topological polar surface area (TPSA) is 133 Å². The Labute approximate surface area is 227 Å². The summed E-state index contributed by atoms with van der Waals surface area (Å²) in [7, 11) is 0. The molecule has 2 aliphatic rings. The van der Waals surface area contributed by atoms with E-state index in [1.54, 1.807) is 20.0 Å². The fourth-order valence-corrected chi connectivity index (χ4v) is 6.47. The molecule has 0 saturated carbocycles. The molecular weight excluding hydrogens is 524 g/mol. The maximum Gasteiger partial charge on any atom is 0.226 e. The molecule has 39 heavy (non-hydrogen) atoms. The van der Waals surface area contributed by atoms with Crippen molar-refractivity contribution in [1.82, 2.24) is 20.3 Å². The van der Waals surface area contributed by atoms with Crippen LogP contribution < -0.4 is 16.0 Å². The number of benzene rings is 1. The molecule has 2 atom stereocenters. The molecule has 1 saturated heterocycles. The van der Waals surface area contributed by atoms with Crippen molar-refractivity contribution in [1.29, 1.82) is 5.26 Å². The maximum absolute atomic E-state index is 16.5. The van der Waals surface area contributed by atoms with Gasteiger partial charge in [0, 0.05) is 47.7 Å². The SMILES string of the molecule is C[C@H]1[C@@H](NCC(C)(C)O)CCN1c1ncc2c3c(c(-c4ncc(F)c5sc(N)c(C#N)c45)c(F)c2n1)COC3. The van der Waals surface area contributed by atoms with Gasteiger partial charge in [0.05, 0.1) is 41.0 Å². The number of aliphatic hydroxyl groups is 1. The molecular formula is C27H27F2N7O2S. The first-order valence-corrected chi connectivity index (χ1v) is 13.5. The molecule has 0 aliphatic carbocycles. The summed E-state index contributed by atoms with van der Waals surface area (Å²) >= 11 is 0.939. The van der Waals surface area contributed by atoms with Gasteiger partial charge in [-0.3, -0.25) is 4.98 Å². The average Bonchev–Trinajstić information content (AvgIpc) is 3.60. The molecule has 0 radical (unpaired) electrons. The van der Waals surface area contributed by atoms with Crippen LogP contribution >= 0.6 is 11.3 Å². The molecule has 202 valence electrons. The quantitative estimate of drug-likeness (QED) is 0.337. The Morgan fingerprint density at radius 2 is 2.05 bits per heavy atom. The van der Waals surface area contributed by atoms with Crippen LogP contribution in [0, 0.1) is 23.0 Å². The van der Waals surface area contributed by atoms with E-state index in [-0.39, 0.29) is 62.7 Å². The third-order valence-electron chi connectivity index (χ3n) is 7.54. The molecule has 5 heterocycles. The van der Waals surface area contributed by atoms with Crippen LogP contribution in [0.15, 0.2) is 12.4 Å². The molecule has 1 fully saturated rings. The van der Waals surface area contributed by atoms with Crippen LogP contribution in [0.4, 0.5) is 19.7 Å². The lowest BCUT2D eigenvalue weighted by Crippen LogP contribution is -2.46. The van der Waals surface area contributed by atoms with E-state index in [1.165, 1.54) is 0 Å². The molecule has 0 bridgehead atoms. The lowest BCUT2D eigenvalue weighted by molar-refractivity contribution is 0.0762. The van der Waals surface area contributed by atoms with Crippen LogP contribution in [-0.2, 0) is 18.0 Å². The average molecular weight is 552 g/mol. The van der Waals surface area contributed by atoms with E-state index in [0.29, 0.717) is 30.0 Å². The van der Waals surface area contributed by atoms with Crippen LogP contribution in [0.1, 0.15) is 43.9 Å². The number of ether oxygens (including phenoxy) is 1. The number of nitriles is 1. The number of nitrogen functional groups attached to an aromatic ring is 1. The molecule has 0 spiro atoms. The number of aromatic nitrogens is 3. The van der Waals surface area contributed by atoms with Gasteiger partial charge in [0.1, 0.15) is 16.6 Å². The first-order valence-electron chi connectivity index (χ1n) is 12.7. The van der Waals surface area contributed by atoms with E-state index < -0.39 is 17.2 Å². The van der Waals surface area contributed by atoms with E-state index in [0.717, 1.165) is 29.5 Å². The molecule has 1 aromatic carbocycles. The molecule has 2 aliphatic heterocycles. The van der Waals surface area contributed by atoms with Gasteiger partial charge in [0.25, 0.3) is 0 Å². The van der Waals surface area contributed by atoms with Crippen molar-refractivity contribution >= 4 is 43.3 Å². The second-order valence-electron chi connectivity index (χ2n) is 10.7. The number of hydrogen-bond donors (Lipinski definition) is 3. The van der Waals surface area contributed by atoms with Gasteiger partial charge in [-0.15, -0.1) is 11.3 Å². The van der Waals surface area contributed by atoms with Crippen molar-refractivity contribution < 1.29 is 18.6 Å². The number of nitrogens with two attached hydrogens (primary N) is 1. The third kappa shape index (κ3) is 4.17. The molecule has 12 heteroatoms. The molecule has 0 unspecified atom stereocenters. The van der Waals surface area contributed by atoms with E-state index in [2.05, 4.69) is 20.3 Å². The number of hydrogen-bond acceptors (Lipinski definition) is 10. The zero-order valence-electron chi connectivity index (χ0n) is 21.7. The second kappa shape index (κ2) is 9.31. The number of anilines is 2. The zero-order chi connectivity index (χ0) is 27.6. The van der Waals surface area contributed by atoms with Crippen LogP contribution in [0.25, 0.3) is 32.2 Å². The van der Waals surface area contributed by atoms with Gasteiger partial charge in [-0.25, -0.2) is 18.7 Å². The number of fused-ring (bicyclic) bond motifs is 4. The van der Waals surface area contributed by atoms with Crippen molar-refractivity contribution in [2.45, 2.75) is 58.1 Å². The van der Waals surface area contributed by atoms with Crippen molar-refractivity contribution in [2.75, 3.05) is 23.7 Å². The minimum Gasteiger partial charge on any atom is -0.389 e. The maximum atomic E-state index is 16.5. The summed E-state index contributed by atoms with van der Waals surface area (Å²) in [6.45, 7) is 7.03. The molecule has 3 aromatic heterocycles. The second-order valence-corrected chi connectivity index (χ2v) is 11.8. The predicted molar refractivity (Wildman–Crippen MR) is 145 cm³/mol. The van der Waals surface area contributed by atoms with Crippen molar-refractivity contribution in [3.63, 3.8) is 0 Å². The Hall–Kier alpha value is -3.50. The highest BCUT2D eigenvalue weighted by atomic mass is 32.1. The van der Waals surface area contributed by atoms with Gasteiger partial charge in [-0.2, -0.15) is 5.26 Å². The smallest absolute Gasteiger partial charge is 0.226 e. The number of nitrogens with zero attached hydrogens (tertiary/aromatic N) is 5. The Morgan fingerprint density at radius 1 is 1.28 bits per heavy atom. The fourth-order valence-electron chi connectivity index (χ4n) is 5.55. The lowest BCUT2D eigenvalue weighted by Gasteiger charge is -2.27. The summed E-state index contributed by atoms with van der Waals surface area (Å²) in [6, 6.07) is 2.14. The summed E-state index contributed by atoms with van der Waals surface area (Å²) < 4.78 is 37.1. The van der Waals surface area contributed by atoms with Gasteiger partial charge in [0.15, 0.2) is 11.6 Å². The Balaban J connectivity index is 1.50. The highest BCUT2D eigenvalue weighted by Gasteiger charge is 2.34. The molecule has 6 rings (SSSR count). The summed E-state index contributed by atoms with van der Waals surface area (Å²) in [5.74, 6) is -0.863. The van der Waals surface area contributed by atoms with Crippen molar-refractivity contribution in [3.8, 4) is 17.3 Å². The number of nitrogens with one attached hydrogen (secondary N) is 1. The van der Waals surface area contributed by atoms with Gasteiger partial charge in [-0.05, 0) is 38.3 Å². The minimum absolute atomic E-state index is 0.00968. The molecule has 9 nitrogen and oxygen atoms in total. The lowest BCUT2D eigenvalue weighted by atomic mass is 9.94. The summed E-state index contributed by atoms with van der Waals surface area (Å²) in [4.78, 5) is 15.5. The number of thiophene rings is 1. The van der Waals surface area contributed by atoms with Crippen LogP contribution in [-0.4, -0.2) is 50.8 Å². The van der Waals surface area contributed by atoms with Gasteiger partial charge in [0.2, 0.25) is 5.95 Å². The standard InChI is InChI=1S/C27H27F2N7O2S/c1-12-18(34-11-27(2,3)37)4-5-36(12)26-33-7-14-15-9-38-10-16(15)19(21(29)22(14)35-26)23-20-13(6-30)25(31)39-24(20)17(28)8-32-23/h7-8,12,18,34,37H,4-5,9-11,31H2,1-3H3/t12-,18-/m0/s1. The van der Waals surface area contributed by atoms with Gasteiger partial charge in [-0.1, -0.05) is 0 Å². The Bertz CT molecular complexity index is 1680. The van der Waals surface area contributed by atoms with Crippen molar-refractivity contribution in [2.24, 2.45) is 0 Å². The molecule has 4 aromatic rings. The highest BCUT2D eigenvalue weighted by Crippen LogP contribution is 2.45. The zero-order valence-corrected chi connectivity index (χ0v) is 22.5. The van der Waals surface area contributed by atoms with Crippen molar-refractivity contribution in [3.05, 3.63) is 40.7 Å². The first-order chi connectivity index (χ1) is 18.6. The number of halogens is 2. The fraction of sp³-hybridized carbons (Fsp3) is 0.407. The highest BCUT2D eigenvalue weighted by molar-refractivity contribution is 7.23. The molecule has 4 N–H and O–H groups in total. The normalized spacial score (nSPS) is 19.3. The van der Waals surface area contributed by atoms with E-state index in [9.17, 15) is 14.8 Å². The van der Waals surface area contributed by atoms with Crippen LogP contribution in [0.5, 0.6) is 0 Å². The summed E-state index contributed by atoms with van der Waals surface area (Å²) in [5, 5.41) is 24.1. The van der Waals surface area contributed by atoms with Crippen LogP contribution in [0.2, 0.25) is 0 Å². The first kappa shape index (κ1) is 25.8. The van der Waals surface area contributed by atoms with E-state index in [1.807, 2.05) is 17.9 Å². The molecule has 0 amide bonds.